The minimum Gasteiger partial charge on any atom is -0.381 e. The third-order valence-electron chi connectivity index (χ3n) is 3.48. The Balaban J connectivity index is 1.65. The van der Waals surface area contributed by atoms with Gasteiger partial charge >= 0.3 is 0 Å². The molecule has 1 aromatic rings. The smallest absolute Gasteiger partial charge is 0.0951 e. The summed E-state index contributed by atoms with van der Waals surface area (Å²) in [6, 6.07) is 1.35. The van der Waals surface area contributed by atoms with E-state index in [1.54, 1.807) is 0 Å². The molecule has 1 aromatic heterocycles. The van der Waals surface area contributed by atoms with Crippen molar-refractivity contribution in [1.82, 2.24) is 14.9 Å². The highest BCUT2D eigenvalue weighted by Crippen LogP contribution is 2.23. The van der Waals surface area contributed by atoms with Crippen LogP contribution in [0.4, 0.5) is 0 Å². The van der Waals surface area contributed by atoms with Gasteiger partial charge in [-0.1, -0.05) is 0 Å². The normalized spacial score (nSPS) is 22.5. The molecule has 0 radical (unpaired) electrons. The molecule has 1 saturated carbocycles. The van der Waals surface area contributed by atoms with E-state index in [0.717, 1.165) is 38.6 Å². The molecule has 0 amide bonds. The summed E-state index contributed by atoms with van der Waals surface area (Å²) in [5.74, 6) is 0. The highest BCUT2D eigenvalue weighted by Gasteiger charge is 2.22. The number of aromatic nitrogens is 2. The van der Waals surface area contributed by atoms with E-state index in [1.807, 2.05) is 12.5 Å². The molecule has 88 valence electrons. The van der Waals surface area contributed by atoms with Crippen LogP contribution in [-0.4, -0.2) is 28.8 Å². The zero-order chi connectivity index (χ0) is 10.8. The van der Waals surface area contributed by atoms with Crippen molar-refractivity contribution in [3.63, 3.8) is 0 Å². The van der Waals surface area contributed by atoms with Crippen LogP contribution >= 0.6 is 0 Å². The van der Waals surface area contributed by atoms with Gasteiger partial charge in [0.15, 0.2) is 0 Å². The lowest BCUT2D eigenvalue weighted by Gasteiger charge is -2.25. The maximum atomic E-state index is 5.40. The number of nitrogens with zero attached hydrogens (tertiary/aromatic N) is 2. The second-order valence-corrected chi connectivity index (χ2v) is 4.79. The number of hydrogen-bond donors (Lipinski definition) is 1. The summed E-state index contributed by atoms with van der Waals surface area (Å²) in [5.41, 5.74) is 1.32. The zero-order valence-corrected chi connectivity index (χ0v) is 9.56. The van der Waals surface area contributed by atoms with Gasteiger partial charge in [0, 0.05) is 38.0 Å². The van der Waals surface area contributed by atoms with E-state index in [4.69, 9.17) is 4.74 Å². The Morgan fingerprint density at radius 2 is 2.12 bits per heavy atom. The SMILES string of the molecule is c1ncn(C2CCOCC2)c1CNC1CC1. The van der Waals surface area contributed by atoms with E-state index in [2.05, 4.69) is 14.9 Å². The molecule has 0 atom stereocenters. The summed E-state index contributed by atoms with van der Waals surface area (Å²) >= 11 is 0. The Hall–Kier alpha value is -0.870. The lowest BCUT2D eigenvalue weighted by molar-refractivity contribution is 0.0688. The van der Waals surface area contributed by atoms with Crippen LogP contribution in [0.15, 0.2) is 12.5 Å². The molecular formula is C12H19N3O. The van der Waals surface area contributed by atoms with Gasteiger partial charge in [0.2, 0.25) is 0 Å². The number of nitrogens with one attached hydrogen (secondary N) is 1. The predicted octanol–water partition coefficient (Wildman–Crippen LogP) is 1.49. The van der Waals surface area contributed by atoms with Crippen molar-refractivity contribution in [2.45, 2.75) is 44.3 Å². The highest BCUT2D eigenvalue weighted by molar-refractivity contribution is 5.01. The van der Waals surface area contributed by atoms with Gasteiger partial charge in [-0.2, -0.15) is 0 Å². The molecule has 1 aliphatic carbocycles. The topological polar surface area (TPSA) is 39.1 Å². The predicted molar refractivity (Wildman–Crippen MR) is 61.2 cm³/mol. The van der Waals surface area contributed by atoms with Gasteiger partial charge in [0.05, 0.1) is 12.0 Å². The monoisotopic (exact) mass is 221 g/mol. The quantitative estimate of drug-likeness (QED) is 0.837. The molecule has 16 heavy (non-hydrogen) atoms. The van der Waals surface area contributed by atoms with Crippen LogP contribution in [0.5, 0.6) is 0 Å². The molecule has 2 aliphatic rings. The minimum absolute atomic E-state index is 0.590. The van der Waals surface area contributed by atoms with Crippen molar-refractivity contribution < 1.29 is 4.74 Å². The molecule has 0 aromatic carbocycles. The third-order valence-corrected chi connectivity index (χ3v) is 3.48. The lowest BCUT2D eigenvalue weighted by atomic mass is 10.1. The van der Waals surface area contributed by atoms with Crippen LogP contribution in [0.3, 0.4) is 0 Å². The molecule has 0 bridgehead atoms. The van der Waals surface area contributed by atoms with Crippen molar-refractivity contribution in [3.05, 3.63) is 18.2 Å². The number of rotatable bonds is 4. The van der Waals surface area contributed by atoms with Crippen LogP contribution in [0.25, 0.3) is 0 Å². The summed E-state index contributed by atoms with van der Waals surface area (Å²) in [5, 5.41) is 3.55. The van der Waals surface area contributed by atoms with Crippen molar-refractivity contribution in [3.8, 4) is 0 Å². The summed E-state index contributed by atoms with van der Waals surface area (Å²) in [6.07, 6.45) is 8.88. The Labute approximate surface area is 96.0 Å². The largest absolute Gasteiger partial charge is 0.381 e. The molecule has 3 rings (SSSR count). The maximum Gasteiger partial charge on any atom is 0.0951 e. The number of ether oxygens (including phenoxy) is 1. The van der Waals surface area contributed by atoms with Gasteiger partial charge in [-0.15, -0.1) is 0 Å². The van der Waals surface area contributed by atoms with E-state index < -0.39 is 0 Å². The second kappa shape index (κ2) is 4.55. The third kappa shape index (κ3) is 2.28. The van der Waals surface area contributed by atoms with Crippen LogP contribution < -0.4 is 5.32 Å². The van der Waals surface area contributed by atoms with E-state index >= 15 is 0 Å². The second-order valence-electron chi connectivity index (χ2n) is 4.79. The molecule has 4 heteroatoms. The molecule has 2 fully saturated rings. The molecule has 1 aliphatic heterocycles. The Bertz CT molecular complexity index is 340. The lowest BCUT2D eigenvalue weighted by Crippen LogP contribution is -2.23. The molecular weight excluding hydrogens is 202 g/mol. The van der Waals surface area contributed by atoms with Crippen molar-refractivity contribution in [2.75, 3.05) is 13.2 Å². The van der Waals surface area contributed by atoms with Crippen LogP contribution in [0.1, 0.15) is 37.4 Å². The van der Waals surface area contributed by atoms with Gasteiger partial charge in [-0.3, -0.25) is 0 Å². The summed E-state index contributed by atoms with van der Waals surface area (Å²) in [7, 11) is 0. The van der Waals surface area contributed by atoms with Gasteiger partial charge in [0.25, 0.3) is 0 Å². The Morgan fingerprint density at radius 3 is 2.88 bits per heavy atom. The van der Waals surface area contributed by atoms with Crippen LogP contribution in [0.2, 0.25) is 0 Å². The van der Waals surface area contributed by atoms with Crippen molar-refractivity contribution in [1.29, 1.82) is 0 Å². The van der Waals surface area contributed by atoms with Gasteiger partial charge in [-0.25, -0.2) is 4.98 Å². The first-order valence-corrected chi connectivity index (χ1v) is 6.25. The highest BCUT2D eigenvalue weighted by atomic mass is 16.5. The maximum absolute atomic E-state index is 5.40. The van der Waals surface area contributed by atoms with Crippen LogP contribution in [-0.2, 0) is 11.3 Å². The molecule has 1 N–H and O–H groups in total. The van der Waals surface area contributed by atoms with Gasteiger partial charge in [-0.05, 0) is 25.7 Å². The van der Waals surface area contributed by atoms with Crippen molar-refractivity contribution in [2.24, 2.45) is 0 Å². The first kappa shape index (κ1) is 10.3. The first-order valence-electron chi connectivity index (χ1n) is 6.25. The fourth-order valence-electron chi connectivity index (χ4n) is 2.30. The average molecular weight is 221 g/mol. The van der Waals surface area contributed by atoms with E-state index in [9.17, 15) is 0 Å². The molecule has 4 nitrogen and oxygen atoms in total. The fourth-order valence-corrected chi connectivity index (χ4v) is 2.30. The number of imidazole rings is 1. The summed E-state index contributed by atoms with van der Waals surface area (Å²) in [4.78, 5) is 4.28. The minimum atomic E-state index is 0.590. The first-order chi connectivity index (χ1) is 7.93. The standard InChI is InChI=1S/C12H19N3O/c1-2-10(1)14-8-12-7-13-9-15(12)11-3-5-16-6-4-11/h7,9-11,14H,1-6,8H2. The zero-order valence-electron chi connectivity index (χ0n) is 9.56. The van der Waals surface area contributed by atoms with Crippen molar-refractivity contribution >= 4 is 0 Å². The van der Waals surface area contributed by atoms with E-state index in [0.29, 0.717) is 6.04 Å². The summed E-state index contributed by atoms with van der Waals surface area (Å²) < 4.78 is 7.73. The molecule has 0 unspecified atom stereocenters. The molecule has 1 saturated heterocycles. The average Bonchev–Trinajstić information content (AvgIpc) is 3.05. The molecule has 2 heterocycles. The Kier molecular flexibility index (Phi) is 2.93. The molecule has 0 spiro atoms. The number of hydrogen-bond acceptors (Lipinski definition) is 3. The summed E-state index contributed by atoms with van der Waals surface area (Å²) in [6.45, 7) is 2.73. The van der Waals surface area contributed by atoms with E-state index in [1.165, 1.54) is 18.5 Å². The van der Waals surface area contributed by atoms with Gasteiger partial charge in [0.1, 0.15) is 0 Å². The van der Waals surface area contributed by atoms with E-state index in [-0.39, 0.29) is 0 Å². The van der Waals surface area contributed by atoms with Gasteiger partial charge < -0.3 is 14.6 Å². The fraction of sp³-hybridized carbons (Fsp3) is 0.750. The Morgan fingerprint density at radius 1 is 1.31 bits per heavy atom. The van der Waals surface area contributed by atoms with Crippen LogP contribution in [0, 0.1) is 0 Å².